The number of carbonyl (C=O) groups excluding carboxylic acids is 1. The molecular formula is C7H11NOS. The standard InChI is InChI=1S/C7H11NOS/c9-6-7(1-2-7)5-10-4-3-8-6/h1-5H2,(H,8,9). The van der Waals surface area contributed by atoms with Crippen molar-refractivity contribution in [2.45, 2.75) is 12.8 Å². The number of carbonyl (C=O) groups is 1. The molecule has 1 saturated heterocycles. The molecule has 2 nitrogen and oxygen atoms in total. The number of rotatable bonds is 0. The molecule has 2 aliphatic rings. The van der Waals surface area contributed by atoms with Gasteiger partial charge < -0.3 is 5.32 Å². The normalized spacial score (nSPS) is 29.4. The van der Waals surface area contributed by atoms with E-state index < -0.39 is 0 Å². The second-order valence-electron chi connectivity index (χ2n) is 3.09. The fraction of sp³-hybridized carbons (Fsp3) is 0.857. The van der Waals surface area contributed by atoms with Gasteiger partial charge in [-0.15, -0.1) is 0 Å². The second-order valence-corrected chi connectivity index (χ2v) is 4.19. The van der Waals surface area contributed by atoms with E-state index in [1.54, 1.807) is 0 Å². The van der Waals surface area contributed by atoms with E-state index in [0.29, 0.717) is 5.91 Å². The molecule has 0 atom stereocenters. The lowest BCUT2D eigenvalue weighted by Crippen LogP contribution is -2.31. The van der Waals surface area contributed by atoms with Gasteiger partial charge in [-0.05, 0) is 12.8 Å². The van der Waals surface area contributed by atoms with Crippen molar-refractivity contribution in [3.63, 3.8) is 0 Å². The fourth-order valence-corrected chi connectivity index (χ4v) is 2.48. The number of hydrogen-bond acceptors (Lipinski definition) is 2. The Kier molecular flexibility index (Phi) is 1.41. The van der Waals surface area contributed by atoms with Gasteiger partial charge in [0.2, 0.25) is 5.91 Å². The molecule has 0 aromatic heterocycles. The van der Waals surface area contributed by atoms with Crippen LogP contribution in [-0.4, -0.2) is 24.0 Å². The minimum atomic E-state index is 0.0845. The monoisotopic (exact) mass is 157 g/mol. The SMILES string of the molecule is O=C1NCCSCC12CC2. The Hall–Kier alpha value is -0.180. The molecule has 3 heteroatoms. The molecule has 1 heterocycles. The molecule has 1 spiro atoms. The summed E-state index contributed by atoms with van der Waals surface area (Å²) < 4.78 is 0. The van der Waals surface area contributed by atoms with Crippen LogP contribution in [0.5, 0.6) is 0 Å². The topological polar surface area (TPSA) is 29.1 Å². The van der Waals surface area contributed by atoms with Crippen molar-refractivity contribution >= 4 is 17.7 Å². The third-order valence-electron chi connectivity index (χ3n) is 2.25. The van der Waals surface area contributed by atoms with Crippen LogP contribution >= 0.6 is 11.8 Å². The average molecular weight is 157 g/mol. The van der Waals surface area contributed by atoms with E-state index in [-0.39, 0.29) is 5.41 Å². The Labute approximate surface area is 64.8 Å². The fourth-order valence-electron chi connectivity index (χ4n) is 1.28. The summed E-state index contributed by atoms with van der Waals surface area (Å²) in [5.41, 5.74) is 0.0845. The molecule has 0 aromatic carbocycles. The quantitative estimate of drug-likeness (QED) is 0.559. The Morgan fingerprint density at radius 1 is 1.50 bits per heavy atom. The van der Waals surface area contributed by atoms with Crippen molar-refractivity contribution in [2.75, 3.05) is 18.1 Å². The maximum Gasteiger partial charge on any atom is 0.227 e. The van der Waals surface area contributed by atoms with Crippen molar-refractivity contribution in [2.24, 2.45) is 5.41 Å². The first-order valence-electron chi connectivity index (χ1n) is 3.70. The van der Waals surface area contributed by atoms with Crippen LogP contribution in [0.2, 0.25) is 0 Å². The van der Waals surface area contributed by atoms with E-state index >= 15 is 0 Å². The molecule has 0 bridgehead atoms. The van der Waals surface area contributed by atoms with Crippen molar-refractivity contribution in [3.8, 4) is 0 Å². The molecule has 10 heavy (non-hydrogen) atoms. The van der Waals surface area contributed by atoms with Gasteiger partial charge in [0.05, 0.1) is 5.41 Å². The van der Waals surface area contributed by atoms with Gasteiger partial charge in [0.15, 0.2) is 0 Å². The third-order valence-corrected chi connectivity index (χ3v) is 3.50. The van der Waals surface area contributed by atoms with Gasteiger partial charge in [-0.25, -0.2) is 0 Å². The van der Waals surface area contributed by atoms with Gasteiger partial charge in [0, 0.05) is 18.1 Å². The van der Waals surface area contributed by atoms with Crippen LogP contribution in [0.25, 0.3) is 0 Å². The van der Waals surface area contributed by atoms with Crippen LogP contribution in [0.15, 0.2) is 0 Å². The molecule has 0 radical (unpaired) electrons. The van der Waals surface area contributed by atoms with Gasteiger partial charge in [-0.1, -0.05) is 0 Å². The lowest BCUT2D eigenvalue weighted by molar-refractivity contribution is -0.125. The van der Waals surface area contributed by atoms with E-state index in [4.69, 9.17) is 0 Å². The highest BCUT2D eigenvalue weighted by Gasteiger charge is 2.49. The highest BCUT2D eigenvalue weighted by Crippen LogP contribution is 2.48. The van der Waals surface area contributed by atoms with Crippen molar-refractivity contribution < 1.29 is 4.79 Å². The molecule has 56 valence electrons. The van der Waals surface area contributed by atoms with E-state index in [0.717, 1.165) is 30.9 Å². The minimum absolute atomic E-state index is 0.0845. The Morgan fingerprint density at radius 2 is 2.30 bits per heavy atom. The van der Waals surface area contributed by atoms with Crippen LogP contribution in [0.3, 0.4) is 0 Å². The van der Waals surface area contributed by atoms with Crippen LogP contribution < -0.4 is 5.32 Å². The largest absolute Gasteiger partial charge is 0.355 e. The summed E-state index contributed by atoms with van der Waals surface area (Å²) in [7, 11) is 0. The lowest BCUT2D eigenvalue weighted by atomic mass is 10.1. The molecule has 1 saturated carbocycles. The van der Waals surface area contributed by atoms with Gasteiger partial charge in [0.25, 0.3) is 0 Å². The van der Waals surface area contributed by atoms with Gasteiger partial charge in [-0.2, -0.15) is 11.8 Å². The molecule has 1 N–H and O–H groups in total. The summed E-state index contributed by atoms with van der Waals surface area (Å²) in [6, 6.07) is 0. The van der Waals surface area contributed by atoms with Gasteiger partial charge in [0.1, 0.15) is 0 Å². The maximum atomic E-state index is 11.3. The molecular weight excluding hydrogens is 146 g/mol. The van der Waals surface area contributed by atoms with Crippen molar-refractivity contribution in [1.29, 1.82) is 0 Å². The number of hydrogen-bond donors (Lipinski definition) is 1. The van der Waals surface area contributed by atoms with Crippen LogP contribution in [0, 0.1) is 5.41 Å². The summed E-state index contributed by atoms with van der Waals surface area (Å²) >= 11 is 1.91. The average Bonchev–Trinajstić information content (AvgIpc) is 2.69. The van der Waals surface area contributed by atoms with Gasteiger partial charge >= 0.3 is 0 Å². The van der Waals surface area contributed by atoms with E-state index in [1.165, 1.54) is 0 Å². The second kappa shape index (κ2) is 2.16. The molecule has 1 amide bonds. The van der Waals surface area contributed by atoms with Crippen LogP contribution in [-0.2, 0) is 4.79 Å². The first kappa shape index (κ1) is 6.53. The first-order valence-corrected chi connectivity index (χ1v) is 4.85. The number of thioether (sulfide) groups is 1. The summed E-state index contributed by atoms with van der Waals surface area (Å²) in [6.07, 6.45) is 2.23. The molecule has 1 aliphatic carbocycles. The summed E-state index contributed by atoms with van der Waals surface area (Å²) in [4.78, 5) is 11.3. The predicted octanol–water partition coefficient (Wildman–Crippen LogP) is 0.630. The smallest absolute Gasteiger partial charge is 0.227 e. The molecule has 0 unspecified atom stereocenters. The summed E-state index contributed by atoms with van der Waals surface area (Å²) in [5.74, 6) is 2.45. The lowest BCUT2D eigenvalue weighted by Gasteiger charge is -2.07. The van der Waals surface area contributed by atoms with E-state index in [2.05, 4.69) is 5.32 Å². The predicted molar refractivity (Wildman–Crippen MR) is 42.0 cm³/mol. The first-order chi connectivity index (χ1) is 4.83. The zero-order valence-electron chi connectivity index (χ0n) is 5.85. The molecule has 1 aliphatic heterocycles. The molecule has 2 fully saturated rings. The Balaban J connectivity index is 2.09. The highest BCUT2D eigenvalue weighted by molar-refractivity contribution is 7.99. The maximum absolute atomic E-state index is 11.3. The van der Waals surface area contributed by atoms with Crippen LogP contribution in [0.1, 0.15) is 12.8 Å². The van der Waals surface area contributed by atoms with E-state index in [9.17, 15) is 4.79 Å². The zero-order valence-corrected chi connectivity index (χ0v) is 6.67. The zero-order chi connectivity index (χ0) is 7.03. The number of amides is 1. The Bertz CT molecular complexity index is 165. The van der Waals surface area contributed by atoms with E-state index in [1.807, 2.05) is 11.8 Å². The Morgan fingerprint density at radius 3 is 3.00 bits per heavy atom. The minimum Gasteiger partial charge on any atom is -0.355 e. The molecule has 0 aromatic rings. The summed E-state index contributed by atoms with van der Waals surface area (Å²) in [5, 5.41) is 2.94. The summed E-state index contributed by atoms with van der Waals surface area (Å²) in [6.45, 7) is 0.866. The number of nitrogens with one attached hydrogen (secondary N) is 1. The molecule has 2 rings (SSSR count). The van der Waals surface area contributed by atoms with Crippen molar-refractivity contribution in [1.82, 2.24) is 5.32 Å². The van der Waals surface area contributed by atoms with Crippen LogP contribution in [0.4, 0.5) is 0 Å². The third kappa shape index (κ3) is 0.926. The highest BCUT2D eigenvalue weighted by atomic mass is 32.2. The van der Waals surface area contributed by atoms with Gasteiger partial charge in [-0.3, -0.25) is 4.79 Å². The van der Waals surface area contributed by atoms with Crippen molar-refractivity contribution in [3.05, 3.63) is 0 Å².